The highest BCUT2D eigenvalue weighted by atomic mass is 35.5. The average molecular weight is 506 g/mol. The molecule has 1 N–H and O–H groups in total. The molecule has 1 amide bonds. The van der Waals surface area contributed by atoms with Crippen LogP contribution in [0.5, 0.6) is 0 Å². The summed E-state index contributed by atoms with van der Waals surface area (Å²) >= 11 is 19.0. The van der Waals surface area contributed by atoms with Crippen LogP contribution in [0.2, 0.25) is 15.2 Å². The molecule has 1 saturated heterocycles. The van der Waals surface area contributed by atoms with Gasteiger partial charge in [-0.2, -0.15) is 0 Å². The minimum absolute atomic E-state index is 0.141. The van der Waals surface area contributed by atoms with Gasteiger partial charge in [-0.1, -0.05) is 71.2 Å². The number of halogens is 3. The fourth-order valence-electron chi connectivity index (χ4n) is 4.17. The van der Waals surface area contributed by atoms with Gasteiger partial charge in [0.25, 0.3) is 5.91 Å². The molecule has 0 bridgehead atoms. The molecule has 2 heterocycles. The molecule has 5 nitrogen and oxygen atoms in total. The fraction of sp³-hybridized carbons (Fsp3) is 0.320. The van der Waals surface area contributed by atoms with E-state index in [4.69, 9.17) is 34.8 Å². The molecule has 8 heteroatoms. The zero-order valence-electron chi connectivity index (χ0n) is 18.5. The topological polar surface area (TPSA) is 40.5 Å². The first-order valence-corrected chi connectivity index (χ1v) is 12.2. The summed E-state index contributed by atoms with van der Waals surface area (Å²) in [6.45, 7) is 5.21. The number of rotatable bonds is 7. The van der Waals surface area contributed by atoms with Gasteiger partial charge in [-0.05, 0) is 36.7 Å². The molecule has 0 aliphatic carbocycles. The summed E-state index contributed by atoms with van der Waals surface area (Å²) in [7, 11) is 1.87. The Morgan fingerprint density at radius 1 is 0.970 bits per heavy atom. The van der Waals surface area contributed by atoms with Gasteiger partial charge in [0.05, 0.1) is 21.3 Å². The highest BCUT2D eigenvalue weighted by Crippen LogP contribution is 2.33. The lowest BCUT2D eigenvalue weighted by molar-refractivity contribution is 0.0951. The standard InChI is InChI=1S/C25H27Cl3N4O/c1-30-22(18-7-3-2-4-8-18)17-19(24(30)28)25(33)29-11-6-12-31-13-15-32(16-14-31)21-10-5-9-20(26)23(21)27/h2-5,7-10,17H,6,11-16H2,1H3,(H,29,33). The molecule has 1 fully saturated rings. The van der Waals surface area contributed by atoms with Crippen LogP contribution in [0.25, 0.3) is 11.3 Å². The van der Waals surface area contributed by atoms with E-state index in [0.717, 1.165) is 56.1 Å². The van der Waals surface area contributed by atoms with Crippen molar-refractivity contribution in [3.05, 3.63) is 75.4 Å². The van der Waals surface area contributed by atoms with E-state index in [-0.39, 0.29) is 5.91 Å². The smallest absolute Gasteiger partial charge is 0.254 e. The molecule has 1 aromatic heterocycles. The van der Waals surface area contributed by atoms with E-state index in [1.54, 1.807) is 0 Å². The second-order valence-corrected chi connectivity index (χ2v) is 9.31. The van der Waals surface area contributed by atoms with E-state index in [2.05, 4.69) is 15.1 Å². The SMILES string of the molecule is Cn1c(-c2ccccc2)cc(C(=O)NCCCN2CCN(c3cccc(Cl)c3Cl)CC2)c1Cl. The van der Waals surface area contributed by atoms with Crippen molar-refractivity contribution >= 4 is 46.4 Å². The van der Waals surface area contributed by atoms with Gasteiger partial charge >= 0.3 is 0 Å². The average Bonchev–Trinajstić information content (AvgIpc) is 3.14. The molecule has 3 aromatic rings. The van der Waals surface area contributed by atoms with Gasteiger partial charge in [0.15, 0.2) is 0 Å². The maximum atomic E-state index is 12.7. The van der Waals surface area contributed by atoms with Crippen molar-refractivity contribution in [2.75, 3.05) is 44.2 Å². The van der Waals surface area contributed by atoms with Crippen molar-refractivity contribution in [1.29, 1.82) is 0 Å². The lowest BCUT2D eigenvalue weighted by Gasteiger charge is -2.36. The first-order valence-electron chi connectivity index (χ1n) is 11.1. The molecule has 0 saturated carbocycles. The third-order valence-electron chi connectivity index (χ3n) is 6.05. The second-order valence-electron chi connectivity index (χ2n) is 8.17. The molecular weight excluding hydrogens is 479 g/mol. The second kappa shape index (κ2) is 10.8. The van der Waals surface area contributed by atoms with Crippen molar-refractivity contribution in [1.82, 2.24) is 14.8 Å². The largest absolute Gasteiger partial charge is 0.368 e. The molecule has 4 rings (SSSR count). The van der Waals surface area contributed by atoms with E-state index >= 15 is 0 Å². The molecule has 2 aromatic carbocycles. The summed E-state index contributed by atoms with van der Waals surface area (Å²) < 4.78 is 1.84. The molecule has 1 aliphatic rings. The lowest BCUT2D eigenvalue weighted by Crippen LogP contribution is -2.47. The minimum atomic E-state index is -0.141. The first-order chi connectivity index (χ1) is 16.0. The molecule has 1 aliphatic heterocycles. The van der Waals surface area contributed by atoms with Crippen molar-refractivity contribution < 1.29 is 4.79 Å². The molecule has 0 spiro atoms. The third kappa shape index (κ3) is 5.49. The summed E-state index contributed by atoms with van der Waals surface area (Å²) in [4.78, 5) is 17.4. The summed E-state index contributed by atoms with van der Waals surface area (Å²) in [5.41, 5.74) is 3.44. The lowest BCUT2D eigenvalue weighted by atomic mass is 10.1. The van der Waals surface area contributed by atoms with Gasteiger partial charge in [-0.15, -0.1) is 0 Å². The molecule has 174 valence electrons. The maximum absolute atomic E-state index is 12.7. The predicted molar refractivity (Wildman–Crippen MR) is 138 cm³/mol. The number of anilines is 1. The van der Waals surface area contributed by atoms with E-state index in [1.165, 1.54) is 0 Å². The van der Waals surface area contributed by atoms with Gasteiger partial charge < -0.3 is 14.8 Å². The molecule has 0 radical (unpaired) electrons. The Morgan fingerprint density at radius 2 is 1.70 bits per heavy atom. The number of benzene rings is 2. The van der Waals surface area contributed by atoms with Crippen LogP contribution >= 0.6 is 34.8 Å². The summed E-state index contributed by atoms with van der Waals surface area (Å²) in [5.74, 6) is -0.141. The highest BCUT2D eigenvalue weighted by molar-refractivity contribution is 6.43. The van der Waals surface area contributed by atoms with E-state index in [1.807, 2.05) is 66.2 Å². The van der Waals surface area contributed by atoms with Crippen molar-refractivity contribution in [3.63, 3.8) is 0 Å². The number of aromatic nitrogens is 1. The predicted octanol–water partition coefficient (Wildman–Crippen LogP) is 5.59. The van der Waals surface area contributed by atoms with Gasteiger partial charge in [-0.25, -0.2) is 0 Å². The number of carbonyl (C=O) groups is 1. The molecule has 0 unspecified atom stereocenters. The van der Waals surface area contributed by atoms with Crippen LogP contribution in [0.4, 0.5) is 5.69 Å². The monoisotopic (exact) mass is 504 g/mol. The Morgan fingerprint density at radius 3 is 2.42 bits per heavy atom. The molecular formula is C25H27Cl3N4O. The van der Waals surface area contributed by atoms with Crippen LogP contribution in [0.15, 0.2) is 54.6 Å². The number of hydrogen-bond donors (Lipinski definition) is 1. The number of carbonyl (C=O) groups excluding carboxylic acids is 1. The Balaban J connectivity index is 1.24. The fourth-order valence-corrected chi connectivity index (χ4v) is 4.82. The van der Waals surface area contributed by atoms with Crippen LogP contribution in [-0.2, 0) is 7.05 Å². The normalized spacial score (nSPS) is 14.5. The zero-order chi connectivity index (χ0) is 23.4. The quantitative estimate of drug-likeness (QED) is 0.425. The van der Waals surface area contributed by atoms with Gasteiger partial charge in [-0.3, -0.25) is 9.69 Å². The molecule has 0 atom stereocenters. The number of piperazine rings is 1. The summed E-state index contributed by atoms with van der Waals surface area (Å²) in [6, 6.07) is 17.5. The third-order valence-corrected chi connectivity index (χ3v) is 7.32. The Bertz CT molecular complexity index is 1110. The molecule has 33 heavy (non-hydrogen) atoms. The Hall–Kier alpha value is -2.18. The van der Waals surface area contributed by atoms with Crippen molar-refractivity contribution in [2.24, 2.45) is 7.05 Å². The number of hydrogen-bond acceptors (Lipinski definition) is 3. The van der Waals surface area contributed by atoms with Crippen LogP contribution < -0.4 is 10.2 Å². The van der Waals surface area contributed by atoms with Crippen LogP contribution in [0, 0.1) is 0 Å². The van der Waals surface area contributed by atoms with E-state index in [0.29, 0.717) is 27.3 Å². The van der Waals surface area contributed by atoms with Crippen LogP contribution in [0.1, 0.15) is 16.8 Å². The van der Waals surface area contributed by atoms with Crippen molar-refractivity contribution in [2.45, 2.75) is 6.42 Å². The Labute approximate surface area is 209 Å². The number of nitrogens with zero attached hydrogens (tertiary/aromatic N) is 3. The van der Waals surface area contributed by atoms with Crippen LogP contribution in [-0.4, -0.2) is 54.6 Å². The van der Waals surface area contributed by atoms with Crippen LogP contribution in [0.3, 0.4) is 0 Å². The van der Waals surface area contributed by atoms with E-state index < -0.39 is 0 Å². The van der Waals surface area contributed by atoms with Gasteiger partial charge in [0, 0.05) is 45.5 Å². The minimum Gasteiger partial charge on any atom is -0.368 e. The van der Waals surface area contributed by atoms with Gasteiger partial charge in [0.2, 0.25) is 0 Å². The summed E-state index contributed by atoms with van der Waals surface area (Å²) in [6.07, 6.45) is 0.875. The number of amides is 1. The highest BCUT2D eigenvalue weighted by Gasteiger charge is 2.20. The Kier molecular flexibility index (Phi) is 7.86. The van der Waals surface area contributed by atoms with E-state index in [9.17, 15) is 4.79 Å². The maximum Gasteiger partial charge on any atom is 0.254 e. The van der Waals surface area contributed by atoms with Crippen molar-refractivity contribution in [3.8, 4) is 11.3 Å². The van der Waals surface area contributed by atoms with Gasteiger partial charge in [0.1, 0.15) is 5.15 Å². The summed E-state index contributed by atoms with van der Waals surface area (Å²) in [5, 5.41) is 4.66. The zero-order valence-corrected chi connectivity index (χ0v) is 20.8. The number of nitrogens with one attached hydrogen (secondary N) is 1. The first kappa shape index (κ1) is 24.0.